The Bertz CT molecular complexity index is 351. The Kier molecular flexibility index (Phi) is 3.62. The maximum absolute atomic E-state index is 5.68. The molecule has 1 aromatic rings. The van der Waals surface area contributed by atoms with Crippen LogP contribution >= 0.6 is 15.9 Å². The maximum Gasteiger partial charge on any atom is 0.0753 e. The number of morpholine rings is 1. The zero-order chi connectivity index (χ0) is 11.6. The zero-order valence-corrected chi connectivity index (χ0v) is 11.3. The lowest BCUT2D eigenvalue weighted by Crippen LogP contribution is -2.47. The topological polar surface area (TPSA) is 25.4 Å². The Balaban J connectivity index is 1.97. The lowest BCUT2D eigenvalue weighted by atomic mass is 10.1. The Labute approximate surface area is 105 Å². The van der Waals surface area contributed by atoms with Crippen LogP contribution < -0.4 is 0 Å². The number of hydrogen-bond acceptors (Lipinski definition) is 3. The van der Waals surface area contributed by atoms with Crippen molar-refractivity contribution in [2.24, 2.45) is 0 Å². The van der Waals surface area contributed by atoms with Gasteiger partial charge in [0, 0.05) is 30.3 Å². The van der Waals surface area contributed by atoms with Gasteiger partial charge in [-0.3, -0.25) is 9.88 Å². The first-order valence-electron chi connectivity index (χ1n) is 5.52. The van der Waals surface area contributed by atoms with Crippen LogP contribution in [-0.2, 0) is 11.3 Å². The van der Waals surface area contributed by atoms with Crippen LogP contribution in [0.1, 0.15) is 19.5 Å². The number of hydrogen-bond donors (Lipinski definition) is 0. The molecule has 0 N–H and O–H groups in total. The molecular weight excluding hydrogens is 268 g/mol. The molecule has 0 spiro atoms. The van der Waals surface area contributed by atoms with Crippen LogP contribution in [0.4, 0.5) is 0 Å². The van der Waals surface area contributed by atoms with Gasteiger partial charge in [0.1, 0.15) is 0 Å². The molecule has 88 valence electrons. The largest absolute Gasteiger partial charge is 0.373 e. The van der Waals surface area contributed by atoms with Gasteiger partial charge in [0.25, 0.3) is 0 Å². The minimum Gasteiger partial charge on any atom is -0.373 e. The van der Waals surface area contributed by atoms with Crippen molar-refractivity contribution in [2.75, 3.05) is 19.7 Å². The molecular formula is C12H17BrN2O. The molecule has 0 saturated carbocycles. The summed E-state index contributed by atoms with van der Waals surface area (Å²) < 4.78 is 6.71. The first-order chi connectivity index (χ1) is 7.55. The smallest absolute Gasteiger partial charge is 0.0753 e. The molecule has 2 rings (SSSR count). The summed E-state index contributed by atoms with van der Waals surface area (Å²) in [6.45, 7) is 7.93. The molecule has 16 heavy (non-hydrogen) atoms. The van der Waals surface area contributed by atoms with Crippen LogP contribution in [-0.4, -0.2) is 35.2 Å². The number of aromatic nitrogens is 1. The van der Waals surface area contributed by atoms with Gasteiger partial charge in [0.2, 0.25) is 0 Å². The van der Waals surface area contributed by atoms with E-state index in [4.69, 9.17) is 4.74 Å². The summed E-state index contributed by atoms with van der Waals surface area (Å²) in [4.78, 5) is 6.78. The second-order valence-corrected chi connectivity index (χ2v) is 5.70. The summed E-state index contributed by atoms with van der Waals surface area (Å²) >= 11 is 3.39. The van der Waals surface area contributed by atoms with Gasteiger partial charge in [-0.05, 0) is 41.9 Å². The third kappa shape index (κ3) is 3.27. The van der Waals surface area contributed by atoms with Crippen LogP contribution in [0.2, 0.25) is 0 Å². The molecule has 0 radical (unpaired) electrons. The minimum atomic E-state index is -0.0341. The van der Waals surface area contributed by atoms with E-state index in [-0.39, 0.29) is 5.60 Å². The van der Waals surface area contributed by atoms with E-state index in [1.54, 1.807) is 0 Å². The lowest BCUT2D eigenvalue weighted by molar-refractivity contribution is -0.0885. The number of pyridine rings is 1. The summed E-state index contributed by atoms with van der Waals surface area (Å²) in [6, 6.07) is 4.10. The second kappa shape index (κ2) is 4.82. The fraction of sp³-hybridized carbons (Fsp3) is 0.583. The van der Waals surface area contributed by atoms with Crippen LogP contribution in [0, 0.1) is 0 Å². The fourth-order valence-corrected chi connectivity index (χ4v) is 2.21. The number of ether oxygens (including phenoxy) is 1. The average Bonchev–Trinajstić information content (AvgIpc) is 2.20. The standard InChI is InChI=1S/C12H17BrN2O/c1-12(2)9-15(5-6-16-12)8-11-4-3-10(13)7-14-11/h3-4,7H,5-6,8-9H2,1-2H3. The van der Waals surface area contributed by atoms with Crippen molar-refractivity contribution in [3.05, 3.63) is 28.5 Å². The van der Waals surface area contributed by atoms with Gasteiger partial charge in [-0.15, -0.1) is 0 Å². The molecule has 1 aromatic heterocycles. The normalized spacial score (nSPS) is 20.9. The third-order valence-electron chi connectivity index (χ3n) is 2.68. The third-order valence-corrected chi connectivity index (χ3v) is 3.15. The molecule has 0 aliphatic carbocycles. The number of rotatable bonds is 2. The fourth-order valence-electron chi connectivity index (χ4n) is 1.98. The van der Waals surface area contributed by atoms with Crippen LogP contribution in [0.15, 0.2) is 22.8 Å². The summed E-state index contributed by atoms with van der Waals surface area (Å²) in [7, 11) is 0. The van der Waals surface area contributed by atoms with E-state index >= 15 is 0 Å². The van der Waals surface area contributed by atoms with Gasteiger partial charge in [0.15, 0.2) is 0 Å². The van der Waals surface area contributed by atoms with Gasteiger partial charge in [0.05, 0.1) is 17.9 Å². The Morgan fingerprint density at radius 1 is 1.50 bits per heavy atom. The molecule has 1 aliphatic heterocycles. The van der Waals surface area contributed by atoms with Gasteiger partial charge in [-0.25, -0.2) is 0 Å². The van der Waals surface area contributed by atoms with Crippen molar-refractivity contribution in [3.63, 3.8) is 0 Å². The van der Waals surface area contributed by atoms with Crippen molar-refractivity contribution in [1.82, 2.24) is 9.88 Å². The number of halogens is 1. The van der Waals surface area contributed by atoms with Gasteiger partial charge in [-0.2, -0.15) is 0 Å². The van der Waals surface area contributed by atoms with E-state index in [1.807, 2.05) is 12.3 Å². The quantitative estimate of drug-likeness (QED) is 0.834. The molecule has 0 unspecified atom stereocenters. The predicted molar refractivity (Wildman–Crippen MR) is 67.2 cm³/mol. The van der Waals surface area contributed by atoms with E-state index in [9.17, 15) is 0 Å². The summed E-state index contributed by atoms with van der Waals surface area (Å²) in [5.41, 5.74) is 1.08. The lowest BCUT2D eigenvalue weighted by Gasteiger charge is -2.37. The highest BCUT2D eigenvalue weighted by Crippen LogP contribution is 2.18. The van der Waals surface area contributed by atoms with Crippen molar-refractivity contribution in [3.8, 4) is 0 Å². The van der Waals surface area contributed by atoms with E-state index in [1.165, 1.54) is 0 Å². The maximum atomic E-state index is 5.68. The Hall–Kier alpha value is -0.450. The van der Waals surface area contributed by atoms with E-state index in [2.05, 4.69) is 45.7 Å². The van der Waals surface area contributed by atoms with Crippen LogP contribution in [0.5, 0.6) is 0 Å². The minimum absolute atomic E-state index is 0.0341. The van der Waals surface area contributed by atoms with E-state index in [0.29, 0.717) is 0 Å². The van der Waals surface area contributed by atoms with Gasteiger partial charge in [-0.1, -0.05) is 0 Å². The molecule has 0 atom stereocenters. The first-order valence-corrected chi connectivity index (χ1v) is 6.31. The Morgan fingerprint density at radius 2 is 2.31 bits per heavy atom. The predicted octanol–water partition coefficient (Wildman–Crippen LogP) is 2.45. The molecule has 0 amide bonds. The van der Waals surface area contributed by atoms with Crippen molar-refractivity contribution in [2.45, 2.75) is 26.0 Å². The highest BCUT2D eigenvalue weighted by Gasteiger charge is 2.27. The molecule has 3 nitrogen and oxygen atoms in total. The zero-order valence-electron chi connectivity index (χ0n) is 9.74. The van der Waals surface area contributed by atoms with E-state index in [0.717, 1.165) is 36.4 Å². The van der Waals surface area contributed by atoms with Gasteiger partial charge >= 0.3 is 0 Å². The molecule has 1 fully saturated rings. The molecule has 1 saturated heterocycles. The summed E-state index contributed by atoms with van der Waals surface area (Å²) in [5, 5.41) is 0. The highest BCUT2D eigenvalue weighted by molar-refractivity contribution is 9.10. The summed E-state index contributed by atoms with van der Waals surface area (Å²) in [5.74, 6) is 0. The monoisotopic (exact) mass is 284 g/mol. The SMILES string of the molecule is CC1(C)CN(Cc2ccc(Br)cn2)CCO1. The van der Waals surface area contributed by atoms with Crippen molar-refractivity contribution < 1.29 is 4.74 Å². The highest BCUT2D eigenvalue weighted by atomic mass is 79.9. The van der Waals surface area contributed by atoms with E-state index < -0.39 is 0 Å². The van der Waals surface area contributed by atoms with Gasteiger partial charge < -0.3 is 4.74 Å². The molecule has 4 heteroatoms. The summed E-state index contributed by atoms with van der Waals surface area (Å²) in [6.07, 6.45) is 1.85. The molecule has 2 heterocycles. The number of nitrogens with zero attached hydrogens (tertiary/aromatic N) is 2. The second-order valence-electron chi connectivity index (χ2n) is 4.79. The molecule has 0 aromatic carbocycles. The van der Waals surface area contributed by atoms with Crippen LogP contribution in [0.3, 0.4) is 0 Å². The molecule has 0 bridgehead atoms. The van der Waals surface area contributed by atoms with Crippen molar-refractivity contribution >= 4 is 15.9 Å². The average molecular weight is 285 g/mol. The first kappa shape index (κ1) is 12.0. The van der Waals surface area contributed by atoms with Crippen LogP contribution in [0.25, 0.3) is 0 Å². The van der Waals surface area contributed by atoms with Crippen molar-refractivity contribution in [1.29, 1.82) is 0 Å². The molecule has 1 aliphatic rings. The Morgan fingerprint density at radius 3 is 2.94 bits per heavy atom.